The summed E-state index contributed by atoms with van der Waals surface area (Å²) in [4.78, 5) is 24.5. The summed E-state index contributed by atoms with van der Waals surface area (Å²) in [6, 6.07) is 8.73. The number of benzene rings is 1. The molecule has 2 aromatic heterocycles. The number of aryl methyl sites for hydroxylation is 1. The Morgan fingerprint density at radius 1 is 1.23 bits per heavy atom. The Hall–Kier alpha value is -2.67. The van der Waals surface area contributed by atoms with Crippen LogP contribution in [0.3, 0.4) is 0 Å². The van der Waals surface area contributed by atoms with Gasteiger partial charge in [0.15, 0.2) is 5.69 Å². The van der Waals surface area contributed by atoms with Gasteiger partial charge in [-0.15, -0.1) is 11.3 Å². The number of fused-ring (bicyclic) bond motifs is 1. The Bertz CT molecular complexity index is 865. The fraction of sp³-hybridized carbons (Fsp3) is 0.133. The van der Waals surface area contributed by atoms with E-state index in [1.165, 1.54) is 17.4 Å². The lowest BCUT2D eigenvalue weighted by atomic mass is 10.2. The third kappa shape index (κ3) is 2.71. The third-order valence-corrected chi connectivity index (χ3v) is 4.15. The van der Waals surface area contributed by atoms with Gasteiger partial charge in [-0.2, -0.15) is 0 Å². The molecule has 0 spiro atoms. The molecule has 1 N–H and O–H groups in total. The van der Waals surface area contributed by atoms with Gasteiger partial charge in [0, 0.05) is 10.8 Å². The normalized spacial score (nSPS) is 10.6. The van der Waals surface area contributed by atoms with Crippen molar-refractivity contribution < 1.29 is 18.8 Å². The van der Waals surface area contributed by atoms with Gasteiger partial charge >= 0.3 is 0 Å². The van der Waals surface area contributed by atoms with Crippen LogP contribution in [0.2, 0.25) is 0 Å². The Labute approximate surface area is 129 Å². The van der Waals surface area contributed by atoms with E-state index in [1.807, 2.05) is 18.2 Å². The molecule has 0 aliphatic heterocycles. The van der Waals surface area contributed by atoms with Crippen molar-refractivity contribution in [1.29, 1.82) is 0 Å². The van der Waals surface area contributed by atoms with Crippen molar-refractivity contribution in [2.45, 2.75) is 6.92 Å². The summed E-state index contributed by atoms with van der Waals surface area (Å²) in [7, 11) is 1.58. The van der Waals surface area contributed by atoms with Crippen molar-refractivity contribution in [2.75, 3.05) is 7.11 Å². The molecule has 0 atom stereocenters. The SMILES string of the molecule is COc1ccc2sc(C(=O)NC(=O)c3cc(C)on3)cc2c1. The number of nitrogens with zero attached hydrogens (tertiary/aromatic N) is 1. The van der Waals surface area contributed by atoms with Gasteiger partial charge in [0.05, 0.1) is 12.0 Å². The maximum atomic E-state index is 12.1. The molecule has 0 saturated heterocycles. The van der Waals surface area contributed by atoms with Crippen LogP contribution in [0.25, 0.3) is 10.1 Å². The molecular formula is C15H12N2O4S. The van der Waals surface area contributed by atoms with Gasteiger partial charge in [-0.05, 0) is 36.6 Å². The molecule has 2 heterocycles. The number of carbonyl (C=O) groups is 2. The van der Waals surface area contributed by atoms with Crippen LogP contribution in [-0.4, -0.2) is 24.1 Å². The molecule has 0 radical (unpaired) electrons. The van der Waals surface area contributed by atoms with E-state index in [-0.39, 0.29) is 5.69 Å². The predicted molar refractivity (Wildman–Crippen MR) is 81.4 cm³/mol. The van der Waals surface area contributed by atoms with E-state index < -0.39 is 11.8 Å². The molecule has 0 aliphatic rings. The van der Waals surface area contributed by atoms with Crippen molar-refractivity contribution in [1.82, 2.24) is 10.5 Å². The molecular weight excluding hydrogens is 304 g/mol. The van der Waals surface area contributed by atoms with Crippen molar-refractivity contribution in [2.24, 2.45) is 0 Å². The minimum Gasteiger partial charge on any atom is -0.497 e. The summed E-state index contributed by atoms with van der Waals surface area (Å²) >= 11 is 1.30. The zero-order chi connectivity index (χ0) is 15.7. The van der Waals surface area contributed by atoms with Gasteiger partial charge in [0.25, 0.3) is 11.8 Å². The first-order valence-electron chi connectivity index (χ1n) is 6.43. The number of hydrogen-bond acceptors (Lipinski definition) is 6. The van der Waals surface area contributed by atoms with Gasteiger partial charge in [-0.1, -0.05) is 5.16 Å². The first-order valence-corrected chi connectivity index (χ1v) is 7.25. The van der Waals surface area contributed by atoms with Crippen molar-refractivity contribution in [3.8, 4) is 5.75 Å². The number of rotatable bonds is 3. The number of hydrogen-bond donors (Lipinski definition) is 1. The molecule has 22 heavy (non-hydrogen) atoms. The minimum atomic E-state index is -0.586. The summed E-state index contributed by atoms with van der Waals surface area (Å²) in [6.45, 7) is 1.67. The van der Waals surface area contributed by atoms with Crippen LogP contribution in [0.5, 0.6) is 5.75 Å². The van der Waals surface area contributed by atoms with Crippen LogP contribution in [-0.2, 0) is 0 Å². The number of methoxy groups -OCH3 is 1. The zero-order valence-electron chi connectivity index (χ0n) is 11.9. The standard InChI is InChI=1S/C15H12N2O4S/c1-8-5-11(17-21-8)14(18)16-15(19)13-7-9-6-10(20-2)3-4-12(9)22-13/h3-7H,1-2H3,(H,16,18,19). The summed E-state index contributed by atoms with van der Waals surface area (Å²) < 4.78 is 10.9. The van der Waals surface area contributed by atoms with Crippen LogP contribution < -0.4 is 10.1 Å². The number of carbonyl (C=O) groups excluding carboxylic acids is 2. The fourth-order valence-corrected chi connectivity index (χ4v) is 2.90. The van der Waals surface area contributed by atoms with Crippen molar-refractivity contribution in [3.63, 3.8) is 0 Å². The summed E-state index contributed by atoms with van der Waals surface area (Å²) in [6.07, 6.45) is 0. The molecule has 0 aliphatic carbocycles. The van der Waals surface area contributed by atoms with Crippen molar-refractivity contribution in [3.05, 3.63) is 46.7 Å². The number of aromatic nitrogens is 1. The molecule has 1 aromatic carbocycles. The minimum absolute atomic E-state index is 0.0774. The third-order valence-electron chi connectivity index (χ3n) is 3.03. The van der Waals surface area contributed by atoms with E-state index in [4.69, 9.17) is 9.26 Å². The smallest absolute Gasteiger partial charge is 0.280 e. The monoisotopic (exact) mass is 316 g/mol. The Balaban J connectivity index is 1.81. The Kier molecular flexibility index (Phi) is 3.64. The average Bonchev–Trinajstić information content (AvgIpc) is 3.12. The fourth-order valence-electron chi connectivity index (χ4n) is 1.96. The zero-order valence-corrected chi connectivity index (χ0v) is 12.7. The molecule has 2 amide bonds. The molecule has 3 aromatic rings. The lowest BCUT2D eigenvalue weighted by Crippen LogP contribution is -2.30. The van der Waals surface area contributed by atoms with Crippen LogP contribution in [0.1, 0.15) is 25.9 Å². The summed E-state index contributed by atoms with van der Waals surface area (Å²) in [5.74, 6) is 0.167. The first kappa shape index (κ1) is 14.3. The summed E-state index contributed by atoms with van der Waals surface area (Å²) in [5.41, 5.74) is 0.0774. The molecule has 0 bridgehead atoms. The molecule has 0 unspecified atom stereocenters. The average molecular weight is 316 g/mol. The second kappa shape index (κ2) is 5.61. The predicted octanol–water partition coefficient (Wildman–Crippen LogP) is 2.78. The van der Waals surface area contributed by atoms with Crippen molar-refractivity contribution >= 4 is 33.2 Å². The Morgan fingerprint density at radius 3 is 2.73 bits per heavy atom. The Morgan fingerprint density at radius 2 is 2.05 bits per heavy atom. The van der Waals surface area contributed by atoms with Crippen LogP contribution in [0.4, 0.5) is 0 Å². The number of nitrogens with one attached hydrogen (secondary N) is 1. The van der Waals surface area contributed by atoms with Crippen LogP contribution >= 0.6 is 11.3 Å². The van der Waals surface area contributed by atoms with Gasteiger partial charge < -0.3 is 9.26 Å². The largest absolute Gasteiger partial charge is 0.497 e. The van der Waals surface area contributed by atoms with E-state index in [0.717, 1.165) is 10.1 Å². The van der Waals surface area contributed by atoms with E-state index in [0.29, 0.717) is 16.4 Å². The van der Waals surface area contributed by atoms with Crippen LogP contribution in [0.15, 0.2) is 34.9 Å². The highest BCUT2D eigenvalue weighted by atomic mass is 32.1. The van der Waals surface area contributed by atoms with Gasteiger partial charge in [-0.25, -0.2) is 0 Å². The number of amides is 2. The topological polar surface area (TPSA) is 81.4 Å². The van der Waals surface area contributed by atoms with E-state index in [9.17, 15) is 9.59 Å². The molecule has 0 fully saturated rings. The van der Waals surface area contributed by atoms with Gasteiger partial charge in [0.1, 0.15) is 11.5 Å². The van der Waals surface area contributed by atoms with Gasteiger partial charge in [0.2, 0.25) is 0 Å². The lowest BCUT2D eigenvalue weighted by molar-refractivity contribution is 0.0846. The lowest BCUT2D eigenvalue weighted by Gasteiger charge is -1.98. The molecule has 112 valence electrons. The second-order valence-corrected chi connectivity index (χ2v) is 5.70. The molecule has 0 saturated carbocycles. The number of imide groups is 1. The number of ether oxygens (including phenoxy) is 1. The second-order valence-electron chi connectivity index (χ2n) is 4.62. The highest BCUT2D eigenvalue weighted by Gasteiger charge is 2.17. The summed E-state index contributed by atoms with van der Waals surface area (Å²) in [5, 5.41) is 6.76. The molecule has 3 rings (SSSR count). The van der Waals surface area contributed by atoms with E-state index in [2.05, 4.69) is 10.5 Å². The first-order chi connectivity index (χ1) is 10.6. The maximum absolute atomic E-state index is 12.1. The molecule has 6 nitrogen and oxygen atoms in total. The highest BCUT2D eigenvalue weighted by molar-refractivity contribution is 7.20. The van der Waals surface area contributed by atoms with Crippen LogP contribution in [0, 0.1) is 6.92 Å². The highest BCUT2D eigenvalue weighted by Crippen LogP contribution is 2.28. The van der Waals surface area contributed by atoms with Gasteiger partial charge in [-0.3, -0.25) is 14.9 Å². The number of thiophene rings is 1. The van der Waals surface area contributed by atoms with E-state index in [1.54, 1.807) is 20.1 Å². The van der Waals surface area contributed by atoms with E-state index >= 15 is 0 Å². The molecule has 7 heteroatoms. The maximum Gasteiger partial charge on any atom is 0.280 e. The quantitative estimate of drug-likeness (QED) is 0.751.